The summed E-state index contributed by atoms with van der Waals surface area (Å²) in [6.07, 6.45) is 3.05. The third-order valence-corrected chi connectivity index (χ3v) is 5.88. The van der Waals surface area contributed by atoms with Crippen molar-refractivity contribution in [3.05, 3.63) is 77.7 Å². The molecule has 10 heteroatoms. The van der Waals surface area contributed by atoms with E-state index in [1.54, 1.807) is 33.2 Å². The van der Waals surface area contributed by atoms with Crippen molar-refractivity contribution in [3.63, 3.8) is 0 Å². The summed E-state index contributed by atoms with van der Waals surface area (Å²) in [5, 5.41) is 13.2. The average Bonchev–Trinajstić information content (AvgIpc) is 3.45. The smallest absolute Gasteiger partial charge is 0.308 e. The van der Waals surface area contributed by atoms with Crippen LogP contribution in [0, 0.1) is 11.2 Å². The lowest BCUT2D eigenvalue weighted by atomic mass is 9.98. The van der Waals surface area contributed by atoms with Crippen LogP contribution in [0.3, 0.4) is 0 Å². The number of carbonyl (C=O) groups is 1. The van der Waals surface area contributed by atoms with Crippen molar-refractivity contribution < 1.29 is 14.3 Å². The number of fused-ring (bicyclic) bond motifs is 2. The zero-order chi connectivity index (χ0) is 26.0. The molecule has 0 saturated carbocycles. The highest BCUT2D eigenvalue weighted by molar-refractivity contribution is 6.35. The molecule has 0 amide bonds. The number of rotatable bonds is 4. The lowest BCUT2D eigenvalue weighted by Gasteiger charge is -2.18. The van der Waals surface area contributed by atoms with E-state index in [1.807, 2.05) is 41.8 Å². The fourth-order valence-electron chi connectivity index (χ4n) is 3.59. The van der Waals surface area contributed by atoms with Gasteiger partial charge in [-0.1, -0.05) is 23.7 Å². The molecular weight excluding hydrogens is 483 g/mol. The van der Waals surface area contributed by atoms with Crippen molar-refractivity contribution in [2.24, 2.45) is 5.41 Å². The Balaban J connectivity index is 0.000000384. The van der Waals surface area contributed by atoms with Gasteiger partial charge in [0.25, 0.3) is 0 Å². The molecule has 0 bridgehead atoms. The normalized spacial score (nSPS) is 12.3. The molecule has 1 atom stereocenters. The second-order valence-corrected chi connectivity index (χ2v) is 9.71. The number of carboxylic acids is 1. The first-order chi connectivity index (χ1) is 17.1. The predicted octanol–water partition coefficient (Wildman–Crippen LogP) is 6.38. The average molecular weight is 509 g/mol. The third kappa shape index (κ3) is 5.16. The van der Waals surface area contributed by atoms with Gasteiger partial charge in [-0.3, -0.25) is 4.79 Å². The van der Waals surface area contributed by atoms with Crippen LogP contribution >= 0.6 is 11.6 Å². The van der Waals surface area contributed by atoms with Crippen molar-refractivity contribution >= 4 is 45.5 Å². The van der Waals surface area contributed by atoms with Crippen molar-refractivity contribution in [2.45, 2.75) is 33.7 Å². The predicted molar refractivity (Wildman–Crippen MR) is 139 cm³/mol. The molecule has 0 radical (unpaired) electrons. The van der Waals surface area contributed by atoms with Gasteiger partial charge in [-0.15, -0.1) is 0 Å². The molecule has 5 aromatic rings. The molecule has 0 saturated heterocycles. The first-order valence-electron chi connectivity index (χ1n) is 11.3. The number of anilines is 1. The van der Waals surface area contributed by atoms with Crippen molar-refractivity contribution in [1.29, 1.82) is 0 Å². The maximum atomic E-state index is 14.0. The zero-order valence-electron chi connectivity index (χ0n) is 20.3. The molecule has 0 spiro atoms. The van der Waals surface area contributed by atoms with Crippen molar-refractivity contribution in [3.8, 4) is 5.69 Å². The largest absolute Gasteiger partial charge is 0.481 e. The van der Waals surface area contributed by atoms with Gasteiger partial charge in [0.1, 0.15) is 17.7 Å². The summed E-state index contributed by atoms with van der Waals surface area (Å²) < 4.78 is 16.0. The van der Waals surface area contributed by atoms with Crippen LogP contribution in [0.2, 0.25) is 5.02 Å². The van der Waals surface area contributed by atoms with E-state index in [9.17, 15) is 9.18 Å². The summed E-state index contributed by atoms with van der Waals surface area (Å²) in [4.78, 5) is 25.7. The van der Waals surface area contributed by atoms with E-state index in [-0.39, 0.29) is 11.9 Å². The van der Waals surface area contributed by atoms with Gasteiger partial charge in [0.05, 0.1) is 23.3 Å². The number of H-pyrrole nitrogens is 1. The molecule has 186 valence electrons. The minimum atomic E-state index is -0.757. The molecular formula is C26H26ClFN6O2. The highest BCUT2D eigenvalue weighted by Crippen LogP contribution is 2.34. The molecule has 3 N–H and O–H groups in total. The maximum Gasteiger partial charge on any atom is 0.308 e. The highest BCUT2D eigenvalue weighted by Gasteiger charge is 2.20. The van der Waals surface area contributed by atoms with E-state index >= 15 is 0 Å². The molecule has 0 aliphatic rings. The third-order valence-electron chi connectivity index (χ3n) is 5.55. The van der Waals surface area contributed by atoms with Crippen LogP contribution in [0.5, 0.6) is 0 Å². The number of hydrogen-bond acceptors (Lipinski definition) is 5. The monoisotopic (exact) mass is 508 g/mol. The summed E-state index contributed by atoms with van der Waals surface area (Å²) in [7, 11) is 0. The molecule has 3 aromatic heterocycles. The number of imidazole rings is 1. The van der Waals surface area contributed by atoms with Crippen LogP contribution < -0.4 is 5.32 Å². The van der Waals surface area contributed by atoms with Gasteiger partial charge in [0.15, 0.2) is 11.5 Å². The van der Waals surface area contributed by atoms with Gasteiger partial charge < -0.3 is 20.0 Å². The lowest BCUT2D eigenvalue weighted by Crippen LogP contribution is -2.18. The summed E-state index contributed by atoms with van der Waals surface area (Å²) in [5.74, 6) is -0.414. The van der Waals surface area contributed by atoms with Crippen LogP contribution in [0.15, 0.2) is 61.2 Å². The van der Waals surface area contributed by atoms with Gasteiger partial charge in [-0.05, 0) is 64.1 Å². The van der Waals surface area contributed by atoms with E-state index < -0.39 is 11.4 Å². The van der Waals surface area contributed by atoms with Gasteiger partial charge in [-0.25, -0.2) is 19.3 Å². The molecule has 1 unspecified atom stereocenters. The maximum absolute atomic E-state index is 14.0. The topological polar surface area (TPSA) is 109 Å². The van der Waals surface area contributed by atoms with E-state index in [1.165, 1.54) is 18.5 Å². The fourth-order valence-corrected chi connectivity index (χ4v) is 3.81. The molecule has 0 aliphatic heterocycles. The minimum Gasteiger partial charge on any atom is -0.481 e. The first-order valence-corrected chi connectivity index (χ1v) is 11.6. The number of aromatic amines is 1. The molecule has 5 rings (SSSR count). The lowest BCUT2D eigenvalue weighted by molar-refractivity contribution is -0.145. The zero-order valence-corrected chi connectivity index (χ0v) is 21.0. The summed E-state index contributed by atoms with van der Waals surface area (Å²) in [5.41, 5.74) is 3.28. The summed E-state index contributed by atoms with van der Waals surface area (Å²) in [6.45, 7) is 7.00. The number of nitrogens with zero attached hydrogens (tertiary/aromatic N) is 4. The number of hydrogen-bond donors (Lipinski definition) is 3. The Hall–Kier alpha value is -3.98. The van der Waals surface area contributed by atoms with Crippen LogP contribution in [0.25, 0.3) is 27.8 Å². The van der Waals surface area contributed by atoms with E-state index in [2.05, 4.69) is 25.3 Å². The van der Waals surface area contributed by atoms with Crippen LogP contribution in [-0.2, 0) is 4.79 Å². The Bertz CT molecular complexity index is 1540. The molecule has 36 heavy (non-hydrogen) atoms. The Morgan fingerprint density at radius 2 is 1.86 bits per heavy atom. The van der Waals surface area contributed by atoms with E-state index in [4.69, 9.17) is 16.7 Å². The van der Waals surface area contributed by atoms with Gasteiger partial charge in [0, 0.05) is 21.8 Å². The van der Waals surface area contributed by atoms with Crippen molar-refractivity contribution in [1.82, 2.24) is 24.5 Å². The number of benzene rings is 2. The molecule has 3 heterocycles. The fraction of sp³-hybridized carbons (Fsp3) is 0.231. The SMILES string of the molecule is CC(C)(C)C(=O)O.CC(Nc1ncnc2nc[nH]c12)c1cc2c(Cl)cccc2n1-c1cccc(F)c1. The number of carboxylic acid groups (broad SMARTS) is 1. The Labute approximate surface area is 212 Å². The highest BCUT2D eigenvalue weighted by atomic mass is 35.5. The van der Waals surface area contributed by atoms with Crippen LogP contribution in [-0.4, -0.2) is 35.6 Å². The summed E-state index contributed by atoms with van der Waals surface area (Å²) >= 11 is 6.45. The van der Waals surface area contributed by atoms with Gasteiger partial charge in [-0.2, -0.15) is 0 Å². The number of nitrogens with one attached hydrogen (secondary N) is 2. The van der Waals surface area contributed by atoms with E-state index in [0.717, 1.165) is 27.8 Å². The Morgan fingerprint density at radius 1 is 1.14 bits per heavy atom. The second kappa shape index (κ2) is 9.94. The molecule has 8 nitrogen and oxygen atoms in total. The second-order valence-electron chi connectivity index (χ2n) is 9.30. The van der Waals surface area contributed by atoms with Crippen LogP contribution in [0.4, 0.5) is 10.2 Å². The Kier molecular flexibility index (Phi) is 6.94. The first kappa shape index (κ1) is 25.1. The van der Waals surface area contributed by atoms with Crippen molar-refractivity contribution in [2.75, 3.05) is 5.32 Å². The minimum absolute atomic E-state index is 0.164. The molecule has 0 aliphatic carbocycles. The Morgan fingerprint density at radius 3 is 2.56 bits per heavy atom. The van der Waals surface area contributed by atoms with Crippen LogP contribution in [0.1, 0.15) is 39.4 Å². The molecule has 0 fully saturated rings. The molecule has 2 aromatic carbocycles. The quantitative estimate of drug-likeness (QED) is 0.260. The number of halogens is 2. The number of aromatic nitrogens is 5. The summed E-state index contributed by atoms with van der Waals surface area (Å²) in [6, 6.07) is 14.1. The number of aliphatic carboxylic acids is 1. The standard InChI is InChI=1S/C21H16ClFN6.C5H10O2/c1-12(28-21-19-20(25-10-24-19)26-11-27-21)18-9-15-16(22)6-3-7-17(15)29(18)14-5-2-4-13(23)8-14;1-5(2,3)4(6)7/h2-12H,1H3,(H2,24,25,26,27,28);1-3H3,(H,6,7). The van der Waals surface area contributed by atoms with Gasteiger partial charge >= 0.3 is 5.97 Å². The van der Waals surface area contributed by atoms with Gasteiger partial charge in [0.2, 0.25) is 0 Å². The van der Waals surface area contributed by atoms with E-state index in [0.29, 0.717) is 16.5 Å².